The number of nitrogens with zero attached hydrogens (tertiary/aromatic N) is 4. The van der Waals surface area contributed by atoms with Gasteiger partial charge in [0.1, 0.15) is 41.3 Å². The molecule has 3 heterocycles. The molecule has 0 unspecified atom stereocenters. The SMILES string of the molecule is COc1ccc2c(O[C@@H]3C[C@H]4C(=O)N[C@]5(C(=O)NS(=O)(=O)C6(C)CC6)C[C@H]5C=CCC[C@H](C)C[C@@H](C)[C@H](N(C(=O)O)[C@H](C)C(F)(F)F)C(=O)N4C3)nc(N(C)C)cc2c1. The minimum absolute atomic E-state index is 0.0513. The van der Waals surface area contributed by atoms with Gasteiger partial charge in [0.05, 0.1) is 18.4 Å². The Labute approximate surface area is 341 Å². The molecule has 59 heavy (non-hydrogen) atoms. The fourth-order valence-corrected chi connectivity index (χ4v) is 9.56. The first-order chi connectivity index (χ1) is 27.5. The van der Waals surface area contributed by atoms with Crippen LogP contribution >= 0.6 is 0 Å². The average molecular weight is 851 g/mol. The lowest BCUT2D eigenvalue weighted by molar-refractivity contribution is -0.184. The topological polar surface area (TPSA) is 188 Å². The fraction of sp³-hybridized carbons (Fsp3) is 0.625. The molecule has 0 bridgehead atoms. The molecule has 3 fully saturated rings. The third-order valence-corrected chi connectivity index (χ3v) is 14.5. The second-order valence-electron chi connectivity index (χ2n) is 17.1. The van der Waals surface area contributed by atoms with E-state index in [0.717, 1.165) is 4.90 Å². The smallest absolute Gasteiger partial charge is 0.408 e. The van der Waals surface area contributed by atoms with Gasteiger partial charge in [0.2, 0.25) is 27.7 Å². The predicted octanol–water partition coefficient (Wildman–Crippen LogP) is 4.84. The van der Waals surface area contributed by atoms with Crippen molar-refractivity contribution in [2.45, 2.75) is 113 Å². The van der Waals surface area contributed by atoms with Gasteiger partial charge in [-0.25, -0.2) is 13.2 Å². The van der Waals surface area contributed by atoms with Crippen molar-refractivity contribution in [1.82, 2.24) is 24.8 Å². The van der Waals surface area contributed by atoms with Gasteiger partial charge >= 0.3 is 12.3 Å². The fourth-order valence-electron chi connectivity index (χ4n) is 8.25. The van der Waals surface area contributed by atoms with Gasteiger partial charge in [0, 0.05) is 31.8 Å². The third kappa shape index (κ3) is 8.75. The van der Waals surface area contributed by atoms with Gasteiger partial charge in [-0.05, 0) is 93.9 Å². The Morgan fingerprint density at radius 3 is 2.44 bits per heavy atom. The highest BCUT2D eigenvalue weighted by Crippen LogP contribution is 2.48. The van der Waals surface area contributed by atoms with Gasteiger partial charge in [0.15, 0.2) is 0 Å². The molecule has 0 spiro atoms. The minimum atomic E-state index is -5.04. The number of pyridine rings is 1. The van der Waals surface area contributed by atoms with E-state index in [0.29, 0.717) is 54.9 Å². The summed E-state index contributed by atoms with van der Waals surface area (Å²) in [7, 11) is 0.941. The lowest BCUT2D eigenvalue weighted by atomic mass is 9.86. The molecule has 1 aromatic heterocycles. The van der Waals surface area contributed by atoms with E-state index in [1.54, 1.807) is 43.3 Å². The normalized spacial score (nSPS) is 28.9. The van der Waals surface area contributed by atoms with Gasteiger partial charge in [-0.15, -0.1) is 0 Å². The molecule has 2 aromatic rings. The number of nitrogens with one attached hydrogen (secondary N) is 2. The number of methoxy groups -OCH3 is 1. The number of hydrogen-bond acceptors (Lipinski definition) is 10. The van der Waals surface area contributed by atoms with Crippen molar-refractivity contribution in [1.29, 1.82) is 0 Å². The summed E-state index contributed by atoms with van der Waals surface area (Å²) in [6, 6.07) is 1.07. The molecule has 1 saturated heterocycles. The van der Waals surface area contributed by atoms with Gasteiger partial charge in [-0.1, -0.05) is 26.0 Å². The summed E-state index contributed by atoms with van der Waals surface area (Å²) < 4.78 is 82.5. The summed E-state index contributed by atoms with van der Waals surface area (Å²) >= 11 is 0. The molecular formula is C40H53F3N6O9S. The van der Waals surface area contributed by atoms with Crippen LogP contribution in [0.2, 0.25) is 0 Å². The maximum absolute atomic E-state index is 15.0. The number of fused-ring (bicyclic) bond motifs is 3. The average Bonchev–Trinajstić information content (AvgIpc) is 4.03. The number of aromatic nitrogens is 1. The first kappa shape index (κ1) is 43.8. The number of rotatable bonds is 9. The van der Waals surface area contributed by atoms with Crippen LogP contribution in [0.25, 0.3) is 10.8 Å². The van der Waals surface area contributed by atoms with Crippen LogP contribution in [0, 0.1) is 17.8 Å². The molecular weight excluding hydrogens is 798 g/mol. The van der Waals surface area contributed by atoms with Crippen molar-refractivity contribution >= 4 is 50.4 Å². The van der Waals surface area contributed by atoms with Gasteiger partial charge in [-0.3, -0.25) is 24.0 Å². The molecule has 2 aliphatic carbocycles. The number of sulfonamides is 1. The number of benzene rings is 1. The van der Waals surface area contributed by atoms with Crippen molar-refractivity contribution in [3.63, 3.8) is 0 Å². The van der Waals surface area contributed by atoms with Gasteiger partial charge in [-0.2, -0.15) is 18.2 Å². The maximum atomic E-state index is 15.0. The Hall–Kier alpha value is -4.81. The molecule has 2 saturated carbocycles. The molecule has 6 rings (SSSR count). The van der Waals surface area contributed by atoms with Crippen LogP contribution < -0.4 is 24.4 Å². The van der Waals surface area contributed by atoms with E-state index in [1.807, 2.05) is 19.1 Å². The highest BCUT2D eigenvalue weighted by Gasteiger charge is 2.63. The van der Waals surface area contributed by atoms with Crippen LogP contribution in [0.1, 0.15) is 72.6 Å². The van der Waals surface area contributed by atoms with Crippen LogP contribution in [0.15, 0.2) is 36.4 Å². The van der Waals surface area contributed by atoms with Gasteiger partial charge in [0.25, 0.3) is 5.91 Å². The number of anilines is 1. The quantitative estimate of drug-likeness (QED) is 0.293. The van der Waals surface area contributed by atoms with E-state index < -0.39 is 86.4 Å². The van der Waals surface area contributed by atoms with Crippen LogP contribution in [0.4, 0.5) is 23.8 Å². The zero-order valence-corrected chi connectivity index (χ0v) is 35.0. The second-order valence-corrected chi connectivity index (χ2v) is 19.3. The number of alkyl halides is 3. The van der Waals surface area contributed by atoms with Crippen LogP contribution in [0.3, 0.4) is 0 Å². The molecule has 15 nitrogen and oxygen atoms in total. The van der Waals surface area contributed by atoms with Gasteiger partial charge < -0.3 is 29.7 Å². The Kier molecular flexibility index (Phi) is 11.9. The minimum Gasteiger partial charge on any atom is -0.497 e. The molecule has 324 valence electrons. The Bertz CT molecular complexity index is 2130. The molecule has 1 aromatic carbocycles. The van der Waals surface area contributed by atoms with E-state index >= 15 is 0 Å². The Morgan fingerprint density at radius 1 is 1.14 bits per heavy atom. The molecule has 8 atom stereocenters. The Balaban J connectivity index is 1.43. The third-order valence-electron chi connectivity index (χ3n) is 12.3. The van der Waals surface area contributed by atoms with E-state index in [-0.39, 0.29) is 42.5 Å². The standard InChI is InChI=1S/C40H53F3N6O9S/c1-22-10-8-9-11-26-20-39(26,36(52)46-59(55,56)38(4)14-15-38)45-33(50)30-19-28(58-34-29-13-12-27(57-7)17-25(29)18-31(44-34)47(5)6)21-48(30)35(51)32(23(2)16-22)49(37(53)54)24(3)40(41,42)43/h9,11-13,17-18,22-24,26,28,30,32H,8,10,14-16,19-21H2,1-7H3,(H,45,50)(H,46,52)(H,53,54)/t22-,23+,24+,26+,28+,30-,32-,39+/m0/s1. The lowest BCUT2D eigenvalue weighted by Gasteiger charge is -2.40. The molecule has 2 aliphatic heterocycles. The lowest BCUT2D eigenvalue weighted by Crippen LogP contribution is -2.62. The molecule has 4 aliphatic rings. The van der Waals surface area contributed by atoms with Crippen LogP contribution in [-0.4, -0.2) is 121 Å². The number of halogens is 3. The van der Waals surface area contributed by atoms with E-state index in [9.17, 15) is 45.9 Å². The number of carbonyl (C=O) groups is 4. The van der Waals surface area contributed by atoms with E-state index in [4.69, 9.17) is 9.47 Å². The summed E-state index contributed by atoms with van der Waals surface area (Å²) in [6.45, 7) is 5.21. The summed E-state index contributed by atoms with van der Waals surface area (Å²) in [6.07, 6.45) is -2.76. The van der Waals surface area contributed by atoms with Crippen molar-refractivity contribution in [2.24, 2.45) is 17.8 Å². The summed E-state index contributed by atoms with van der Waals surface area (Å²) in [5, 5.41) is 14.3. The molecule has 3 N–H and O–H groups in total. The molecule has 4 amide bonds. The summed E-state index contributed by atoms with van der Waals surface area (Å²) in [5.74, 6) is -3.39. The number of hydrogen-bond donors (Lipinski definition) is 3. The number of amides is 4. The Morgan fingerprint density at radius 2 is 1.83 bits per heavy atom. The van der Waals surface area contributed by atoms with Crippen LogP contribution in [0.5, 0.6) is 11.6 Å². The number of carbonyl (C=O) groups excluding carboxylic acids is 3. The van der Waals surface area contributed by atoms with E-state index in [2.05, 4.69) is 15.0 Å². The van der Waals surface area contributed by atoms with Crippen molar-refractivity contribution in [3.05, 3.63) is 36.4 Å². The number of ether oxygens (including phenoxy) is 2. The molecule has 19 heteroatoms. The first-order valence-electron chi connectivity index (χ1n) is 19.8. The number of carboxylic acid groups (broad SMARTS) is 1. The second kappa shape index (κ2) is 16.0. The highest BCUT2D eigenvalue weighted by molar-refractivity contribution is 7.91. The zero-order chi connectivity index (χ0) is 43.4. The van der Waals surface area contributed by atoms with E-state index in [1.165, 1.54) is 21.0 Å². The summed E-state index contributed by atoms with van der Waals surface area (Å²) in [4.78, 5) is 63.9. The predicted molar refractivity (Wildman–Crippen MR) is 211 cm³/mol. The molecule has 0 radical (unpaired) electrons. The largest absolute Gasteiger partial charge is 0.497 e. The highest BCUT2D eigenvalue weighted by atomic mass is 32.2. The number of allylic oxidation sites excluding steroid dienone is 1. The monoisotopic (exact) mass is 850 g/mol. The van der Waals surface area contributed by atoms with Crippen molar-refractivity contribution in [3.8, 4) is 11.6 Å². The van der Waals surface area contributed by atoms with Crippen molar-refractivity contribution < 1.29 is 55.3 Å². The van der Waals surface area contributed by atoms with Crippen molar-refractivity contribution in [2.75, 3.05) is 32.6 Å². The van der Waals surface area contributed by atoms with Crippen LogP contribution in [-0.2, 0) is 24.4 Å². The zero-order valence-electron chi connectivity index (χ0n) is 34.2. The summed E-state index contributed by atoms with van der Waals surface area (Å²) in [5.41, 5.74) is -1.72. The first-order valence-corrected chi connectivity index (χ1v) is 21.3. The maximum Gasteiger partial charge on any atom is 0.408 e.